The maximum atomic E-state index is 10.1. The molecule has 3 nitrogen and oxygen atoms in total. The van der Waals surface area contributed by atoms with Crippen molar-refractivity contribution in [2.45, 2.75) is 0 Å². The van der Waals surface area contributed by atoms with E-state index < -0.39 is 6.09 Å². The van der Waals surface area contributed by atoms with Gasteiger partial charge < -0.3 is 5.11 Å². The molecule has 0 aromatic heterocycles. The highest BCUT2D eigenvalue weighted by Gasteiger charge is 1.95. The lowest BCUT2D eigenvalue weighted by Gasteiger charge is -1.98. The first-order valence-corrected chi connectivity index (χ1v) is 4.02. The summed E-state index contributed by atoms with van der Waals surface area (Å²) in [5.74, 6) is 0. The van der Waals surface area contributed by atoms with Gasteiger partial charge in [0.25, 0.3) is 0 Å². The Morgan fingerprint density at radius 3 is 2.36 bits per heavy atom. The van der Waals surface area contributed by atoms with Gasteiger partial charge >= 0.3 is 6.09 Å². The average molecular weight is 259 g/mol. The number of benzene rings is 1. The van der Waals surface area contributed by atoms with Crippen LogP contribution in [0.15, 0.2) is 24.3 Å². The van der Waals surface area contributed by atoms with Gasteiger partial charge in [-0.2, -0.15) is 0 Å². The van der Waals surface area contributed by atoms with Gasteiger partial charge in [0.15, 0.2) is 0 Å². The number of halogens is 1. The molecule has 0 aliphatic carbocycles. The Labute approximate surface area is 77.6 Å². The van der Waals surface area contributed by atoms with Crippen molar-refractivity contribution in [2.24, 2.45) is 0 Å². The lowest BCUT2D eigenvalue weighted by Crippen LogP contribution is -2.06. The van der Waals surface area contributed by atoms with Crippen LogP contribution in [0.1, 0.15) is 0 Å². The fourth-order valence-electron chi connectivity index (χ4n) is 0.657. The van der Waals surface area contributed by atoms with Gasteiger partial charge in [0.1, 0.15) is 0 Å². The number of amides is 1. The van der Waals surface area contributed by atoms with Crippen LogP contribution in [0.5, 0.6) is 0 Å². The molecule has 58 valence electrons. The van der Waals surface area contributed by atoms with Crippen LogP contribution in [-0.2, 0) is 0 Å². The summed E-state index contributed by atoms with van der Waals surface area (Å²) in [7, 11) is 0. The molecule has 0 aliphatic rings. The summed E-state index contributed by atoms with van der Waals surface area (Å²) in [4.78, 5) is 10.1. The Kier molecular flexibility index (Phi) is 2.70. The number of hydrogen-bond donors (Lipinski definition) is 2. The highest BCUT2D eigenvalue weighted by Crippen LogP contribution is 2.10. The lowest BCUT2D eigenvalue weighted by atomic mass is 10.3. The van der Waals surface area contributed by atoms with Gasteiger partial charge in [0.05, 0.1) is 0 Å². The predicted octanol–water partition coefficient (Wildman–Crippen LogP) is 2.38. The molecular weight excluding hydrogens is 253 g/mol. The van der Waals surface area contributed by atoms with E-state index in [1.54, 1.807) is 12.1 Å². The molecule has 1 aromatic carbocycles. The zero-order valence-electron chi connectivity index (χ0n) is 5.54. The van der Waals surface area contributed by atoms with Crippen LogP contribution < -0.4 is 5.32 Å². The van der Waals surface area contributed by atoms with Crippen molar-refractivity contribution in [2.75, 3.05) is 5.32 Å². The van der Waals surface area contributed by atoms with Gasteiger partial charge in [-0.1, -0.05) is 0 Å². The summed E-state index contributed by atoms with van der Waals surface area (Å²) in [5, 5.41) is 10.6. The molecule has 1 amide bonds. The van der Waals surface area contributed by atoms with Crippen LogP contribution in [-0.4, -0.2) is 11.2 Å². The van der Waals surface area contributed by atoms with Crippen molar-refractivity contribution >= 4 is 34.4 Å². The van der Waals surface area contributed by atoms with E-state index in [1.165, 1.54) is 0 Å². The molecule has 4 heteroatoms. The normalized spacial score (nSPS) is 9.18. The molecule has 0 spiro atoms. The van der Waals surface area contributed by atoms with Crippen LogP contribution in [0.4, 0.5) is 10.5 Å². The molecule has 0 radical (unpaired) electrons. The average Bonchev–Trinajstić information content (AvgIpc) is 1.93. The van der Waals surface area contributed by atoms with Gasteiger partial charge in [-0.15, -0.1) is 0 Å². The van der Waals surface area contributed by atoms with E-state index in [0.717, 1.165) is 3.57 Å². The monoisotopic (exact) mass is 259 g/mol. The van der Waals surface area contributed by atoms with Crippen molar-refractivity contribution in [1.82, 2.24) is 0 Å². The second kappa shape index (κ2) is 3.56. The zero-order valence-corrected chi connectivity index (χ0v) is 7.70. The Morgan fingerprint density at radius 2 is 1.91 bits per heavy atom. The van der Waals surface area contributed by atoms with Gasteiger partial charge in [0, 0.05) is 9.26 Å². The smallest absolute Gasteiger partial charge is 0.409 e. The van der Waals surface area contributed by atoms with Crippen LogP contribution in [0, 0.1) is 3.57 Å². The molecule has 0 saturated heterocycles. The third-order valence-corrected chi connectivity index (χ3v) is 1.81. The summed E-state index contributed by atoms with van der Waals surface area (Å²) in [6.07, 6.45) is -1.04. The van der Waals surface area contributed by atoms with E-state index in [2.05, 4.69) is 27.9 Å². The molecule has 2 N–H and O–H groups in total. The number of rotatable bonds is 1. The van der Waals surface area contributed by atoms with Gasteiger partial charge in [-0.25, -0.2) is 4.79 Å². The number of carbonyl (C=O) groups is 1. The minimum absolute atomic E-state index is 0.595. The van der Waals surface area contributed by atoms with Crippen molar-refractivity contribution < 1.29 is 9.90 Å². The standard InChI is InChI=1S/C7H6INO2/c8-5-1-3-6(4-2-5)9-7(10)11/h1-4,9H,(H,10,11)/i8-4. The summed E-state index contributed by atoms with van der Waals surface area (Å²) in [6, 6.07) is 7.11. The highest BCUT2D eigenvalue weighted by molar-refractivity contribution is 14.1. The first kappa shape index (κ1) is 8.32. The van der Waals surface area contributed by atoms with Gasteiger partial charge in [0.2, 0.25) is 0 Å². The predicted molar refractivity (Wildman–Crippen MR) is 50.8 cm³/mol. The van der Waals surface area contributed by atoms with Crippen molar-refractivity contribution in [3.05, 3.63) is 27.8 Å². The maximum absolute atomic E-state index is 10.1. The number of nitrogens with one attached hydrogen (secondary N) is 1. The molecule has 0 bridgehead atoms. The SMILES string of the molecule is O=C(O)Nc1ccc([123I])cc1. The molecule has 1 aromatic rings. The second-order valence-corrected chi connectivity index (χ2v) is 3.18. The summed E-state index contributed by atoms with van der Waals surface area (Å²) >= 11 is 2.15. The molecule has 0 aliphatic heterocycles. The van der Waals surface area contributed by atoms with Gasteiger partial charge in [-0.05, 0) is 46.9 Å². The van der Waals surface area contributed by atoms with Crippen molar-refractivity contribution in [3.8, 4) is 0 Å². The summed E-state index contributed by atoms with van der Waals surface area (Å²) in [6.45, 7) is 0. The fourth-order valence-corrected chi connectivity index (χ4v) is 1.02. The molecule has 1 rings (SSSR count). The zero-order chi connectivity index (χ0) is 8.27. The van der Waals surface area contributed by atoms with E-state index in [4.69, 9.17) is 5.11 Å². The van der Waals surface area contributed by atoms with Crippen LogP contribution in [0.25, 0.3) is 0 Å². The summed E-state index contributed by atoms with van der Waals surface area (Å²) < 4.78 is 1.08. The largest absolute Gasteiger partial charge is 0.465 e. The van der Waals surface area contributed by atoms with Crippen molar-refractivity contribution in [3.63, 3.8) is 0 Å². The minimum Gasteiger partial charge on any atom is -0.465 e. The number of anilines is 1. The van der Waals surface area contributed by atoms with Crippen LogP contribution >= 0.6 is 22.6 Å². The lowest BCUT2D eigenvalue weighted by molar-refractivity contribution is 0.210. The van der Waals surface area contributed by atoms with Gasteiger partial charge in [-0.3, -0.25) is 5.32 Å². The van der Waals surface area contributed by atoms with Crippen molar-refractivity contribution in [1.29, 1.82) is 0 Å². The minimum atomic E-state index is -1.04. The summed E-state index contributed by atoms with van der Waals surface area (Å²) in [5.41, 5.74) is 0.595. The number of hydrogen-bond acceptors (Lipinski definition) is 1. The molecular formula is C7H6INO2. The third kappa shape index (κ3) is 2.75. The van der Waals surface area contributed by atoms with Crippen LogP contribution in [0.3, 0.4) is 0 Å². The fraction of sp³-hybridized carbons (Fsp3) is 0. The molecule has 0 atom stereocenters. The Balaban J connectivity index is 2.74. The number of carboxylic acid groups (broad SMARTS) is 1. The highest BCUT2D eigenvalue weighted by atomic mass is 123. The molecule has 0 heterocycles. The second-order valence-electron chi connectivity index (χ2n) is 1.94. The molecule has 0 saturated carbocycles. The first-order valence-electron chi connectivity index (χ1n) is 2.94. The quantitative estimate of drug-likeness (QED) is 0.760. The van der Waals surface area contributed by atoms with E-state index in [0.29, 0.717) is 5.69 Å². The topological polar surface area (TPSA) is 49.3 Å². The molecule has 11 heavy (non-hydrogen) atoms. The Bertz CT molecular complexity index is 258. The maximum Gasteiger partial charge on any atom is 0.409 e. The Hall–Kier alpha value is -0.780. The van der Waals surface area contributed by atoms with E-state index in [1.807, 2.05) is 12.1 Å². The molecule has 0 fully saturated rings. The Morgan fingerprint density at radius 1 is 1.36 bits per heavy atom. The van der Waals surface area contributed by atoms with E-state index in [-0.39, 0.29) is 0 Å². The van der Waals surface area contributed by atoms with E-state index in [9.17, 15) is 4.79 Å². The third-order valence-electron chi connectivity index (χ3n) is 1.10. The van der Waals surface area contributed by atoms with E-state index >= 15 is 0 Å². The van der Waals surface area contributed by atoms with Crippen LogP contribution in [0.2, 0.25) is 0 Å². The molecule has 0 unspecified atom stereocenters. The first-order chi connectivity index (χ1) is 5.18.